The van der Waals surface area contributed by atoms with Crippen molar-refractivity contribution >= 4 is 11.1 Å². The van der Waals surface area contributed by atoms with Gasteiger partial charge < -0.3 is 14.6 Å². The number of benzene rings is 1. The smallest absolute Gasteiger partial charge is 0.181 e. The Hall–Kier alpha value is -1.39. The number of nitrogens with one attached hydrogen (secondary N) is 1. The van der Waals surface area contributed by atoms with Crippen LogP contribution >= 0.6 is 0 Å². The van der Waals surface area contributed by atoms with Crippen LogP contribution in [0, 0.1) is 5.92 Å². The van der Waals surface area contributed by atoms with E-state index in [4.69, 9.17) is 4.42 Å². The molecule has 2 aromatic rings. The first-order valence-corrected chi connectivity index (χ1v) is 6.88. The molecule has 4 nitrogen and oxygen atoms in total. The molecule has 0 saturated heterocycles. The summed E-state index contributed by atoms with van der Waals surface area (Å²) in [6.45, 7) is 5.36. The molecule has 1 atom stereocenters. The lowest BCUT2D eigenvalue weighted by Crippen LogP contribution is -2.30. The van der Waals surface area contributed by atoms with E-state index < -0.39 is 0 Å². The van der Waals surface area contributed by atoms with Gasteiger partial charge in [-0.2, -0.15) is 0 Å². The maximum atomic E-state index is 5.34. The minimum atomic E-state index is 0.698. The van der Waals surface area contributed by atoms with E-state index >= 15 is 0 Å². The first-order valence-electron chi connectivity index (χ1n) is 6.88. The monoisotopic (exact) mass is 261 g/mol. The van der Waals surface area contributed by atoms with Gasteiger partial charge in [0.1, 0.15) is 5.52 Å². The molecule has 1 unspecified atom stereocenters. The molecule has 19 heavy (non-hydrogen) atoms. The Labute approximate surface area is 114 Å². The van der Waals surface area contributed by atoms with Crippen LogP contribution in [0.5, 0.6) is 0 Å². The number of aromatic nitrogens is 1. The summed E-state index contributed by atoms with van der Waals surface area (Å²) < 4.78 is 5.34. The van der Waals surface area contributed by atoms with Gasteiger partial charge >= 0.3 is 0 Å². The Morgan fingerprint density at radius 2 is 2.26 bits per heavy atom. The molecular weight excluding hydrogens is 238 g/mol. The Morgan fingerprint density at radius 1 is 1.42 bits per heavy atom. The van der Waals surface area contributed by atoms with Crippen molar-refractivity contribution in [2.75, 3.05) is 27.2 Å². The van der Waals surface area contributed by atoms with Gasteiger partial charge in [0, 0.05) is 13.1 Å². The molecule has 1 aromatic carbocycles. The summed E-state index contributed by atoms with van der Waals surface area (Å²) in [6, 6.07) is 6.23. The zero-order chi connectivity index (χ0) is 13.7. The molecule has 0 radical (unpaired) electrons. The normalized spacial score (nSPS) is 13.3. The van der Waals surface area contributed by atoms with Crippen molar-refractivity contribution in [1.29, 1.82) is 0 Å². The second-order valence-corrected chi connectivity index (χ2v) is 5.18. The summed E-state index contributed by atoms with van der Waals surface area (Å²) in [4.78, 5) is 6.50. The molecule has 0 aliphatic rings. The zero-order valence-electron chi connectivity index (χ0n) is 12.0. The van der Waals surface area contributed by atoms with E-state index in [0.717, 1.165) is 30.7 Å². The molecule has 0 spiro atoms. The van der Waals surface area contributed by atoms with Gasteiger partial charge in [0.05, 0.1) is 0 Å². The predicted molar refractivity (Wildman–Crippen MR) is 78.1 cm³/mol. The van der Waals surface area contributed by atoms with Crippen LogP contribution in [-0.4, -0.2) is 37.1 Å². The SMILES string of the molecule is CCC(CNC)CN(C)Cc1ccc2ncoc2c1. The van der Waals surface area contributed by atoms with Crippen molar-refractivity contribution < 1.29 is 4.42 Å². The van der Waals surface area contributed by atoms with E-state index in [-0.39, 0.29) is 0 Å². The molecule has 104 valence electrons. The number of hydrogen-bond acceptors (Lipinski definition) is 4. The van der Waals surface area contributed by atoms with E-state index in [1.165, 1.54) is 18.4 Å². The van der Waals surface area contributed by atoms with Gasteiger partial charge in [0.15, 0.2) is 12.0 Å². The van der Waals surface area contributed by atoms with E-state index in [1.807, 2.05) is 13.1 Å². The molecular formula is C15H23N3O. The molecule has 0 amide bonds. The quantitative estimate of drug-likeness (QED) is 0.831. The van der Waals surface area contributed by atoms with Crippen LogP contribution < -0.4 is 5.32 Å². The summed E-state index contributed by atoms with van der Waals surface area (Å²) >= 11 is 0. The van der Waals surface area contributed by atoms with Gasteiger partial charge in [0.2, 0.25) is 0 Å². The average molecular weight is 261 g/mol. The molecule has 0 fully saturated rings. The van der Waals surface area contributed by atoms with Crippen LogP contribution in [-0.2, 0) is 6.54 Å². The fourth-order valence-electron chi connectivity index (χ4n) is 2.44. The fraction of sp³-hybridized carbons (Fsp3) is 0.533. The van der Waals surface area contributed by atoms with Gasteiger partial charge in [-0.25, -0.2) is 4.98 Å². The third-order valence-corrected chi connectivity index (χ3v) is 3.49. The summed E-state index contributed by atoms with van der Waals surface area (Å²) in [5.74, 6) is 0.698. The number of fused-ring (bicyclic) bond motifs is 1. The Balaban J connectivity index is 1.95. The topological polar surface area (TPSA) is 41.3 Å². The van der Waals surface area contributed by atoms with Gasteiger partial charge in [-0.1, -0.05) is 19.4 Å². The third-order valence-electron chi connectivity index (χ3n) is 3.49. The van der Waals surface area contributed by atoms with Gasteiger partial charge in [0.25, 0.3) is 0 Å². The van der Waals surface area contributed by atoms with Crippen molar-refractivity contribution in [3.8, 4) is 0 Å². The minimum absolute atomic E-state index is 0.698. The second-order valence-electron chi connectivity index (χ2n) is 5.18. The summed E-state index contributed by atoms with van der Waals surface area (Å²) in [5.41, 5.74) is 3.06. The average Bonchev–Trinajstić information content (AvgIpc) is 2.85. The van der Waals surface area contributed by atoms with Crippen LogP contribution in [0.3, 0.4) is 0 Å². The lowest BCUT2D eigenvalue weighted by Gasteiger charge is -2.23. The van der Waals surface area contributed by atoms with E-state index in [0.29, 0.717) is 5.92 Å². The predicted octanol–water partition coefficient (Wildman–Crippen LogP) is 2.51. The molecule has 0 aliphatic heterocycles. The lowest BCUT2D eigenvalue weighted by atomic mass is 10.1. The van der Waals surface area contributed by atoms with Crippen molar-refractivity contribution in [2.24, 2.45) is 5.92 Å². The molecule has 1 aromatic heterocycles. The van der Waals surface area contributed by atoms with Crippen LogP contribution in [0.2, 0.25) is 0 Å². The largest absolute Gasteiger partial charge is 0.443 e. The lowest BCUT2D eigenvalue weighted by molar-refractivity contribution is 0.262. The second kappa shape index (κ2) is 6.68. The minimum Gasteiger partial charge on any atom is -0.443 e. The highest BCUT2D eigenvalue weighted by atomic mass is 16.3. The zero-order valence-corrected chi connectivity index (χ0v) is 12.0. The highest BCUT2D eigenvalue weighted by molar-refractivity contribution is 5.72. The maximum absolute atomic E-state index is 5.34. The first-order chi connectivity index (χ1) is 9.22. The van der Waals surface area contributed by atoms with Gasteiger partial charge in [-0.3, -0.25) is 0 Å². The number of nitrogens with zero attached hydrogens (tertiary/aromatic N) is 2. The molecule has 0 saturated carbocycles. The summed E-state index contributed by atoms with van der Waals surface area (Å²) in [7, 11) is 4.18. The van der Waals surface area contributed by atoms with Crippen LogP contribution in [0.15, 0.2) is 29.0 Å². The molecule has 0 bridgehead atoms. The molecule has 4 heteroatoms. The number of rotatable bonds is 7. The third kappa shape index (κ3) is 3.78. The van der Waals surface area contributed by atoms with Crippen LogP contribution in [0.25, 0.3) is 11.1 Å². The maximum Gasteiger partial charge on any atom is 0.181 e. The molecule has 0 aliphatic carbocycles. The van der Waals surface area contributed by atoms with Gasteiger partial charge in [-0.05, 0) is 44.3 Å². The molecule has 2 rings (SSSR count). The van der Waals surface area contributed by atoms with E-state index in [1.54, 1.807) is 0 Å². The first kappa shape index (κ1) is 14.0. The van der Waals surface area contributed by atoms with Crippen molar-refractivity contribution in [3.63, 3.8) is 0 Å². The van der Waals surface area contributed by atoms with Crippen molar-refractivity contribution in [1.82, 2.24) is 15.2 Å². The highest BCUT2D eigenvalue weighted by Gasteiger charge is 2.10. The Morgan fingerprint density at radius 3 is 3.00 bits per heavy atom. The van der Waals surface area contributed by atoms with Gasteiger partial charge in [-0.15, -0.1) is 0 Å². The summed E-state index contributed by atoms with van der Waals surface area (Å²) in [5, 5.41) is 3.26. The Bertz CT molecular complexity index is 509. The Kier molecular flexibility index (Phi) is 4.93. The number of oxazole rings is 1. The summed E-state index contributed by atoms with van der Waals surface area (Å²) in [6.07, 6.45) is 2.70. The van der Waals surface area contributed by atoms with Crippen LogP contribution in [0.1, 0.15) is 18.9 Å². The molecule has 1 N–H and O–H groups in total. The van der Waals surface area contributed by atoms with Crippen molar-refractivity contribution in [3.05, 3.63) is 30.2 Å². The highest BCUT2D eigenvalue weighted by Crippen LogP contribution is 2.16. The molecule has 1 heterocycles. The van der Waals surface area contributed by atoms with Crippen LogP contribution in [0.4, 0.5) is 0 Å². The van der Waals surface area contributed by atoms with E-state index in [9.17, 15) is 0 Å². The van der Waals surface area contributed by atoms with E-state index in [2.05, 4.69) is 41.3 Å². The number of hydrogen-bond donors (Lipinski definition) is 1. The fourth-order valence-corrected chi connectivity index (χ4v) is 2.44. The standard InChI is InChI=1S/C15H23N3O/c1-4-12(8-16-2)9-18(3)10-13-5-6-14-15(7-13)19-11-17-14/h5-7,11-12,16H,4,8-10H2,1-3H3. The van der Waals surface area contributed by atoms with Crippen molar-refractivity contribution in [2.45, 2.75) is 19.9 Å².